The SMILES string of the molecule is OCC1=C(Nc2cccc(F)c2)N=CCC1. The van der Waals surface area contributed by atoms with Crippen molar-refractivity contribution in [3.8, 4) is 0 Å². The lowest BCUT2D eigenvalue weighted by molar-refractivity contribution is 0.325. The van der Waals surface area contributed by atoms with E-state index in [1.165, 1.54) is 12.1 Å². The molecule has 1 aromatic carbocycles. The minimum Gasteiger partial charge on any atom is -0.392 e. The summed E-state index contributed by atoms with van der Waals surface area (Å²) in [4.78, 5) is 4.17. The van der Waals surface area contributed by atoms with Crippen LogP contribution in [0, 0.1) is 5.82 Å². The van der Waals surface area contributed by atoms with Gasteiger partial charge in [-0.1, -0.05) is 6.07 Å². The van der Waals surface area contributed by atoms with Crippen molar-refractivity contribution >= 4 is 11.9 Å². The number of anilines is 1. The van der Waals surface area contributed by atoms with Crippen LogP contribution in [0.1, 0.15) is 12.8 Å². The zero-order valence-electron chi connectivity index (χ0n) is 8.78. The molecule has 1 heterocycles. The molecule has 0 saturated heterocycles. The number of rotatable bonds is 3. The van der Waals surface area contributed by atoms with Crippen LogP contribution in [0.15, 0.2) is 40.7 Å². The monoisotopic (exact) mass is 220 g/mol. The van der Waals surface area contributed by atoms with Crippen LogP contribution < -0.4 is 5.32 Å². The van der Waals surface area contributed by atoms with Crippen molar-refractivity contribution in [2.24, 2.45) is 4.99 Å². The number of aliphatic hydroxyl groups is 1. The first-order chi connectivity index (χ1) is 7.79. The molecule has 0 unspecified atom stereocenters. The predicted molar refractivity (Wildman–Crippen MR) is 61.9 cm³/mol. The van der Waals surface area contributed by atoms with Gasteiger partial charge in [0, 0.05) is 11.9 Å². The fourth-order valence-electron chi connectivity index (χ4n) is 1.58. The van der Waals surface area contributed by atoms with E-state index in [0.717, 1.165) is 18.4 Å². The molecule has 3 nitrogen and oxygen atoms in total. The van der Waals surface area contributed by atoms with Gasteiger partial charge in [0.15, 0.2) is 0 Å². The molecule has 0 amide bonds. The fourth-order valence-corrected chi connectivity index (χ4v) is 1.58. The third-order valence-corrected chi connectivity index (χ3v) is 2.41. The third kappa shape index (κ3) is 2.46. The topological polar surface area (TPSA) is 44.6 Å². The maximum absolute atomic E-state index is 13.0. The second kappa shape index (κ2) is 4.90. The average molecular weight is 220 g/mol. The second-order valence-electron chi connectivity index (χ2n) is 3.60. The summed E-state index contributed by atoms with van der Waals surface area (Å²) >= 11 is 0. The second-order valence-corrected chi connectivity index (χ2v) is 3.60. The fraction of sp³-hybridized carbons (Fsp3) is 0.250. The van der Waals surface area contributed by atoms with Crippen LogP contribution >= 0.6 is 0 Å². The molecule has 1 aliphatic heterocycles. The summed E-state index contributed by atoms with van der Waals surface area (Å²) in [6.45, 7) is -0.0189. The number of benzene rings is 1. The van der Waals surface area contributed by atoms with E-state index in [1.807, 2.05) is 0 Å². The van der Waals surface area contributed by atoms with Crippen molar-refractivity contribution in [2.45, 2.75) is 12.8 Å². The van der Waals surface area contributed by atoms with Crippen LogP contribution in [0.2, 0.25) is 0 Å². The highest BCUT2D eigenvalue weighted by atomic mass is 19.1. The molecule has 4 heteroatoms. The molecule has 16 heavy (non-hydrogen) atoms. The molecule has 0 aliphatic carbocycles. The maximum atomic E-state index is 13.0. The molecule has 2 N–H and O–H groups in total. The molecule has 1 aromatic rings. The van der Waals surface area contributed by atoms with Crippen molar-refractivity contribution in [2.75, 3.05) is 11.9 Å². The molecular formula is C12H13FN2O. The van der Waals surface area contributed by atoms with Gasteiger partial charge in [0.1, 0.15) is 11.6 Å². The van der Waals surface area contributed by atoms with E-state index >= 15 is 0 Å². The predicted octanol–water partition coefficient (Wildman–Crippen LogP) is 2.31. The number of aliphatic hydroxyl groups excluding tert-OH is 1. The summed E-state index contributed by atoms with van der Waals surface area (Å²) in [5.41, 5.74) is 1.49. The van der Waals surface area contributed by atoms with E-state index in [1.54, 1.807) is 18.3 Å². The summed E-state index contributed by atoms with van der Waals surface area (Å²) in [5.74, 6) is 0.329. The van der Waals surface area contributed by atoms with Crippen molar-refractivity contribution in [1.29, 1.82) is 0 Å². The summed E-state index contributed by atoms with van der Waals surface area (Å²) in [5, 5.41) is 12.2. The minimum absolute atomic E-state index is 0.0189. The molecule has 0 fully saturated rings. The van der Waals surface area contributed by atoms with Gasteiger partial charge in [-0.05, 0) is 36.6 Å². The number of hydrogen-bond donors (Lipinski definition) is 2. The smallest absolute Gasteiger partial charge is 0.131 e. The van der Waals surface area contributed by atoms with Gasteiger partial charge in [0.05, 0.1) is 6.61 Å². The van der Waals surface area contributed by atoms with Crippen LogP contribution in [-0.2, 0) is 0 Å². The Hall–Kier alpha value is -1.68. The minimum atomic E-state index is -0.295. The number of nitrogens with zero attached hydrogens (tertiary/aromatic N) is 1. The normalized spacial score (nSPS) is 15.4. The quantitative estimate of drug-likeness (QED) is 0.821. The zero-order valence-corrected chi connectivity index (χ0v) is 8.78. The summed E-state index contributed by atoms with van der Waals surface area (Å²) in [6.07, 6.45) is 3.42. The Labute approximate surface area is 93.3 Å². The van der Waals surface area contributed by atoms with E-state index in [9.17, 15) is 4.39 Å². The highest BCUT2D eigenvalue weighted by Crippen LogP contribution is 2.19. The lowest BCUT2D eigenvalue weighted by Gasteiger charge is -2.15. The Balaban J connectivity index is 2.20. The first-order valence-corrected chi connectivity index (χ1v) is 5.17. The first-order valence-electron chi connectivity index (χ1n) is 5.17. The Morgan fingerprint density at radius 2 is 2.31 bits per heavy atom. The molecular weight excluding hydrogens is 207 g/mol. The van der Waals surface area contributed by atoms with Crippen molar-refractivity contribution in [3.05, 3.63) is 41.5 Å². The zero-order chi connectivity index (χ0) is 11.4. The molecule has 1 aliphatic rings. The van der Waals surface area contributed by atoms with Crippen LogP contribution in [-0.4, -0.2) is 17.9 Å². The maximum Gasteiger partial charge on any atom is 0.131 e. The number of halogens is 1. The first kappa shape index (κ1) is 10.8. The highest BCUT2D eigenvalue weighted by molar-refractivity contribution is 5.64. The Morgan fingerprint density at radius 3 is 3.06 bits per heavy atom. The van der Waals surface area contributed by atoms with E-state index in [2.05, 4.69) is 10.3 Å². The standard InChI is InChI=1S/C12H13FN2O/c13-10-4-1-5-11(7-10)15-12-9(8-16)3-2-6-14-12/h1,4-7,15-16H,2-3,8H2. The molecule has 0 saturated carbocycles. The van der Waals surface area contributed by atoms with Crippen LogP contribution in [0.25, 0.3) is 0 Å². The third-order valence-electron chi connectivity index (χ3n) is 2.41. The summed E-state index contributed by atoms with van der Waals surface area (Å²) in [6, 6.07) is 6.17. The average Bonchev–Trinajstić information content (AvgIpc) is 2.30. The van der Waals surface area contributed by atoms with Crippen molar-refractivity contribution < 1.29 is 9.50 Å². The van der Waals surface area contributed by atoms with Crippen LogP contribution in [0.4, 0.5) is 10.1 Å². The number of aliphatic imine (C=N–C) groups is 1. The molecule has 0 aromatic heterocycles. The Morgan fingerprint density at radius 1 is 1.44 bits per heavy atom. The lowest BCUT2D eigenvalue weighted by atomic mass is 10.1. The summed E-state index contributed by atoms with van der Waals surface area (Å²) in [7, 11) is 0. The molecule has 0 bridgehead atoms. The van der Waals surface area contributed by atoms with Gasteiger partial charge in [-0.2, -0.15) is 0 Å². The van der Waals surface area contributed by atoms with E-state index < -0.39 is 0 Å². The van der Waals surface area contributed by atoms with Gasteiger partial charge >= 0.3 is 0 Å². The van der Waals surface area contributed by atoms with Crippen LogP contribution in [0.3, 0.4) is 0 Å². The van der Waals surface area contributed by atoms with Gasteiger partial charge in [-0.3, -0.25) is 0 Å². The number of nitrogens with one attached hydrogen (secondary N) is 1. The van der Waals surface area contributed by atoms with E-state index in [-0.39, 0.29) is 12.4 Å². The Bertz CT molecular complexity index is 440. The van der Waals surface area contributed by atoms with Gasteiger partial charge in [-0.15, -0.1) is 0 Å². The van der Waals surface area contributed by atoms with Crippen molar-refractivity contribution in [3.63, 3.8) is 0 Å². The van der Waals surface area contributed by atoms with Crippen molar-refractivity contribution in [1.82, 2.24) is 0 Å². The largest absolute Gasteiger partial charge is 0.392 e. The van der Waals surface area contributed by atoms with Gasteiger partial charge in [0.2, 0.25) is 0 Å². The van der Waals surface area contributed by atoms with E-state index in [4.69, 9.17) is 5.11 Å². The highest BCUT2D eigenvalue weighted by Gasteiger charge is 2.09. The molecule has 0 spiro atoms. The molecule has 84 valence electrons. The summed E-state index contributed by atoms with van der Waals surface area (Å²) < 4.78 is 13.0. The lowest BCUT2D eigenvalue weighted by Crippen LogP contribution is -2.08. The van der Waals surface area contributed by atoms with Gasteiger partial charge in [-0.25, -0.2) is 9.38 Å². The van der Waals surface area contributed by atoms with Gasteiger partial charge in [0.25, 0.3) is 0 Å². The molecule has 0 atom stereocenters. The van der Waals surface area contributed by atoms with E-state index in [0.29, 0.717) is 11.5 Å². The Kier molecular flexibility index (Phi) is 3.31. The molecule has 0 radical (unpaired) electrons. The van der Waals surface area contributed by atoms with Crippen LogP contribution in [0.5, 0.6) is 0 Å². The molecule has 2 rings (SSSR count). The van der Waals surface area contributed by atoms with Gasteiger partial charge < -0.3 is 10.4 Å². The number of hydrogen-bond acceptors (Lipinski definition) is 3.